The summed E-state index contributed by atoms with van der Waals surface area (Å²) in [6.07, 6.45) is 4.74. The zero-order valence-electron chi connectivity index (χ0n) is 14.9. The highest BCUT2D eigenvalue weighted by Crippen LogP contribution is 2.72. The van der Waals surface area contributed by atoms with Crippen molar-refractivity contribution in [2.24, 2.45) is 17.3 Å². The van der Waals surface area contributed by atoms with Gasteiger partial charge in [-0.2, -0.15) is 0 Å². The highest BCUT2D eigenvalue weighted by Gasteiger charge is 2.75. The van der Waals surface area contributed by atoms with Crippen molar-refractivity contribution in [2.75, 3.05) is 5.32 Å². The fourth-order valence-electron chi connectivity index (χ4n) is 4.94. The van der Waals surface area contributed by atoms with Gasteiger partial charge in [0.1, 0.15) is 5.82 Å². The third-order valence-electron chi connectivity index (χ3n) is 6.44. The lowest BCUT2D eigenvalue weighted by molar-refractivity contribution is -0.122. The second kappa shape index (κ2) is 5.90. The van der Waals surface area contributed by atoms with Gasteiger partial charge in [-0.15, -0.1) is 0 Å². The Balaban J connectivity index is 1.46. The number of halogens is 2. The highest BCUT2D eigenvalue weighted by molar-refractivity contribution is 6.42. The maximum absolute atomic E-state index is 13.2. The van der Waals surface area contributed by atoms with Crippen molar-refractivity contribution in [3.05, 3.63) is 52.0 Å². The molecule has 1 amide bonds. The number of ether oxygens (including phenoxy) is 1. The molecule has 1 aliphatic carbocycles. The van der Waals surface area contributed by atoms with E-state index >= 15 is 0 Å². The molecule has 2 bridgehead atoms. The van der Waals surface area contributed by atoms with Crippen molar-refractivity contribution in [1.82, 2.24) is 9.97 Å². The van der Waals surface area contributed by atoms with E-state index in [1.807, 2.05) is 19.3 Å². The van der Waals surface area contributed by atoms with E-state index in [0.717, 1.165) is 17.8 Å². The van der Waals surface area contributed by atoms with Gasteiger partial charge in [-0.25, -0.2) is 9.97 Å². The summed E-state index contributed by atoms with van der Waals surface area (Å²) in [7, 11) is 0. The first kappa shape index (κ1) is 17.4. The Hall–Kier alpha value is -1.69. The fraction of sp³-hybridized carbons (Fsp3) is 0.450. The van der Waals surface area contributed by atoms with Gasteiger partial charge in [-0.05, 0) is 43.0 Å². The molecule has 5 nitrogen and oxygen atoms in total. The normalized spacial score (nSPS) is 35.8. The number of hydrogen-bond donors (Lipinski definition) is 1. The molecule has 27 heavy (non-hydrogen) atoms. The Labute approximate surface area is 167 Å². The summed E-state index contributed by atoms with van der Waals surface area (Å²) in [5.74, 6) is 0.809. The topological polar surface area (TPSA) is 64.1 Å². The first-order valence-electron chi connectivity index (χ1n) is 9.08. The summed E-state index contributed by atoms with van der Waals surface area (Å²) in [4.78, 5) is 21.9. The van der Waals surface area contributed by atoms with Crippen LogP contribution in [-0.2, 0) is 9.53 Å². The second-order valence-electron chi connectivity index (χ2n) is 8.07. The molecular formula is C20H19Cl2N3O2. The lowest BCUT2D eigenvalue weighted by Crippen LogP contribution is -2.39. The van der Waals surface area contributed by atoms with Gasteiger partial charge in [0.25, 0.3) is 0 Å². The zero-order valence-corrected chi connectivity index (χ0v) is 16.5. The molecular weight excluding hydrogens is 385 g/mol. The van der Waals surface area contributed by atoms with Crippen molar-refractivity contribution in [2.45, 2.75) is 38.4 Å². The average Bonchev–Trinajstić information content (AvgIpc) is 3.07. The highest BCUT2D eigenvalue weighted by atomic mass is 35.5. The number of aryl methyl sites for hydroxylation is 1. The number of anilines is 1. The molecule has 1 N–H and O–H groups in total. The van der Waals surface area contributed by atoms with Crippen LogP contribution < -0.4 is 5.32 Å². The SMILES string of the molecule is Cc1ncc([C@@H]2[C@@H](C(=O)Nc3ccc(Cl)c(Cl)c3)[C@@H]3O[C@H]2C2(C)CC32)cn1. The molecule has 2 aliphatic heterocycles. The van der Waals surface area contributed by atoms with E-state index in [1.165, 1.54) is 0 Å². The minimum atomic E-state index is -0.267. The van der Waals surface area contributed by atoms with E-state index in [0.29, 0.717) is 21.7 Å². The first-order valence-corrected chi connectivity index (χ1v) is 9.84. The zero-order chi connectivity index (χ0) is 18.9. The Bertz CT molecular complexity index is 935. The number of nitrogens with zero attached hydrogens (tertiary/aromatic N) is 2. The molecule has 1 aromatic heterocycles. The van der Waals surface area contributed by atoms with Crippen molar-refractivity contribution >= 4 is 34.8 Å². The molecule has 7 heteroatoms. The molecule has 0 radical (unpaired) electrons. The number of carbonyl (C=O) groups is 1. The standard InChI is InChI=1S/C20H19Cl2N3O2/c1-9-23-7-10(8-24-9)15-16(17-12-6-20(12,2)18(15)27-17)19(26)25-11-3-4-13(21)14(22)5-11/h3-5,7-8,12,15-18H,6H2,1-2H3,(H,25,26)/t12?,15-,16-,17-,18-,20?/m1/s1. The summed E-state index contributed by atoms with van der Waals surface area (Å²) in [5.41, 5.74) is 1.77. The maximum atomic E-state index is 13.2. The second-order valence-corrected chi connectivity index (χ2v) is 8.89. The quantitative estimate of drug-likeness (QED) is 0.832. The van der Waals surface area contributed by atoms with Crippen molar-refractivity contribution in [1.29, 1.82) is 0 Å². The van der Waals surface area contributed by atoms with Gasteiger partial charge in [-0.1, -0.05) is 30.1 Å². The maximum Gasteiger partial charge on any atom is 0.230 e. The van der Waals surface area contributed by atoms with Crippen molar-refractivity contribution in [3.8, 4) is 0 Å². The minimum absolute atomic E-state index is 0.0309. The van der Waals surface area contributed by atoms with E-state index in [-0.39, 0.29) is 35.4 Å². The van der Waals surface area contributed by atoms with Crippen LogP contribution in [0.25, 0.3) is 0 Å². The number of benzene rings is 1. The number of amides is 1. The number of fused-ring (bicyclic) bond motifs is 5. The van der Waals surface area contributed by atoms with Gasteiger partial charge in [0.05, 0.1) is 28.2 Å². The molecule has 6 atom stereocenters. The fourth-order valence-corrected chi connectivity index (χ4v) is 5.24. The van der Waals surface area contributed by atoms with Crippen LogP contribution in [-0.4, -0.2) is 28.1 Å². The average molecular weight is 404 g/mol. The third-order valence-corrected chi connectivity index (χ3v) is 7.18. The predicted molar refractivity (Wildman–Crippen MR) is 103 cm³/mol. The molecule has 140 valence electrons. The first-order chi connectivity index (χ1) is 12.9. The minimum Gasteiger partial charge on any atom is -0.373 e. The summed E-state index contributed by atoms with van der Waals surface area (Å²) < 4.78 is 6.29. The predicted octanol–water partition coefficient (Wildman–Crippen LogP) is 4.24. The Morgan fingerprint density at radius 1 is 1.26 bits per heavy atom. The summed E-state index contributed by atoms with van der Waals surface area (Å²) in [5, 5.41) is 3.87. The molecule has 1 saturated carbocycles. The van der Waals surface area contributed by atoms with Crippen LogP contribution in [0.3, 0.4) is 0 Å². The van der Waals surface area contributed by atoms with Gasteiger partial charge in [0.2, 0.25) is 5.91 Å². The summed E-state index contributed by atoms with van der Waals surface area (Å²) in [6, 6.07) is 5.10. The monoisotopic (exact) mass is 403 g/mol. The van der Waals surface area contributed by atoms with Gasteiger partial charge in [-0.3, -0.25) is 4.79 Å². The Morgan fingerprint density at radius 2 is 2.00 bits per heavy atom. The van der Waals surface area contributed by atoms with Crippen molar-refractivity contribution in [3.63, 3.8) is 0 Å². The van der Waals surface area contributed by atoms with Crippen LogP contribution in [0, 0.1) is 24.2 Å². The molecule has 2 unspecified atom stereocenters. The molecule has 1 aromatic carbocycles. The third kappa shape index (κ3) is 2.59. The van der Waals surface area contributed by atoms with Crippen LogP contribution in [0.2, 0.25) is 10.0 Å². The largest absolute Gasteiger partial charge is 0.373 e. The number of aromatic nitrogens is 2. The van der Waals surface area contributed by atoms with Crippen LogP contribution in [0.1, 0.15) is 30.7 Å². The van der Waals surface area contributed by atoms with E-state index in [9.17, 15) is 4.79 Å². The summed E-state index contributed by atoms with van der Waals surface area (Å²) in [6.45, 7) is 4.12. The molecule has 2 aromatic rings. The molecule has 0 spiro atoms. The van der Waals surface area contributed by atoms with Crippen LogP contribution in [0.4, 0.5) is 5.69 Å². The van der Waals surface area contributed by atoms with E-state index in [4.69, 9.17) is 27.9 Å². The van der Waals surface area contributed by atoms with E-state index < -0.39 is 0 Å². The summed E-state index contributed by atoms with van der Waals surface area (Å²) >= 11 is 12.1. The Morgan fingerprint density at radius 3 is 2.70 bits per heavy atom. The van der Waals surface area contributed by atoms with Crippen molar-refractivity contribution < 1.29 is 9.53 Å². The molecule has 3 fully saturated rings. The van der Waals surface area contributed by atoms with E-state index in [1.54, 1.807) is 18.2 Å². The number of hydrogen-bond acceptors (Lipinski definition) is 4. The van der Waals surface area contributed by atoms with Crippen LogP contribution >= 0.6 is 23.2 Å². The van der Waals surface area contributed by atoms with Gasteiger partial charge in [0.15, 0.2) is 0 Å². The lowest BCUT2D eigenvalue weighted by atomic mass is 9.71. The molecule has 3 aliphatic rings. The van der Waals surface area contributed by atoms with Gasteiger partial charge < -0.3 is 10.1 Å². The van der Waals surface area contributed by atoms with E-state index in [2.05, 4.69) is 22.2 Å². The van der Waals surface area contributed by atoms with Gasteiger partial charge in [0, 0.05) is 29.4 Å². The smallest absolute Gasteiger partial charge is 0.230 e. The molecule has 2 saturated heterocycles. The number of rotatable bonds is 3. The van der Waals surface area contributed by atoms with Gasteiger partial charge >= 0.3 is 0 Å². The number of carbonyl (C=O) groups excluding carboxylic acids is 1. The Kier molecular flexibility index (Phi) is 3.81. The lowest BCUT2D eigenvalue weighted by Gasteiger charge is -2.30. The molecule has 5 rings (SSSR count). The van der Waals surface area contributed by atoms with Crippen LogP contribution in [0.15, 0.2) is 30.6 Å². The molecule has 3 heterocycles. The number of nitrogens with one attached hydrogen (secondary N) is 1. The van der Waals surface area contributed by atoms with Crippen LogP contribution in [0.5, 0.6) is 0 Å².